The van der Waals surface area contributed by atoms with E-state index in [1.165, 1.54) is 30.4 Å². The summed E-state index contributed by atoms with van der Waals surface area (Å²) in [5.41, 5.74) is 2.85. The fraction of sp³-hybridized carbons (Fsp3) is 0.647. The van der Waals surface area contributed by atoms with Crippen LogP contribution < -0.4 is 5.32 Å². The smallest absolute Gasteiger partial charge is 0.0294 e. The summed E-state index contributed by atoms with van der Waals surface area (Å²) < 4.78 is 0. The summed E-state index contributed by atoms with van der Waals surface area (Å²) in [6.45, 7) is 9.08. The molecule has 1 fully saturated rings. The molecule has 1 N–H and O–H groups in total. The number of hydrogen-bond donors (Lipinski definition) is 1. The quantitative estimate of drug-likeness (QED) is 0.769. The van der Waals surface area contributed by atoms with Gasteiger partial charge in [-0.25, -0.2) is 0 Å². The van der Waals surface area contributed by atoms with Crippen molar-refractivity contribution < 1.29 is 0 Å². The first-order valence-corrected chi connectivity index (χ1v) is 7.47. The lowest BCUT2D eigenvalue weighted by molar-refractivity contribution is 0.405. The lowest BCUT2D eigenvalue weighted by Gasteiger charge is -2.22. The predicted molar refractivity (Wildman–Crippen MR) is 78.9 cm³/mol. The van der Waals surface area contributed by atoms with Gasteiger partial charge in [0.05, 0.1) is 0 Å². The maximum Gasteiger partial charge on any atom is 0.0294 e. The predicted octanol–water partition coefficient (Wildman–Crippen LogP) is 4.65. The summed E-state index contributed by atoms with van der Waals surface area (Å²) in [6, 6.07) is 10.3. The van der Waals surface area contributed by atoms with Gasteiger partial charge in [-0.3, -0.25) is 0 Å². The van der Waals surface area contributed by atoms with Crippen LogP contribution in [0.2, 0.25) is 0 Å². The van der Waals surface area contributed by atoms with Gasteiger partial charge < -0.3 is 5.32 Å². The average Bonchev–Trinajstić information content (AvgIpc) is 3.20. The van der Waals surface area contributed by atoms with Crippen molar-refractivity contribution in [3.63, 3.8) is 0 Å². The highest BCUT2D eigenvalue weighted by Gasteiger charge is 2.30. The van der Waals surface area contributed by atoms with E-state index in [4.69, 9.17) is 0 Å². The Bertz CT molecular complexity index is 362. The van der Waals surface area contributed by atoms with Gasteiger partial charge >= 0.3 is 0 Å². The molecule has 2 rings (SSSR count). The van der Waals surface area contributed by atoms with Crippen molar-refractivity contribution in [3.8, 4) is 0 Å². The molecule has 1 heteroatoms. The third-order valence-electron chi connectivity index (χ3n) is 4.20. The molecule has 1 saturated carbocycles. The maximum atomic E-state index is 3.79. The SMILES string of the molecule is CCC(NC(C)c1ccc(C(C)C)cc1)C1CC1. The Hall–Kier alpha value is -0.820. The highest BCUT2D eigenvalue weighted by Crippen LogP contribution is 2.35. The molecule has 1 aromatic carbocycles. The van der Waals surface area contributed by atoms with Crippen LogP contribution in [0.1, 0.15) is 70.0 Å². The number of rotatable bonds is 6. The molecule has 1 aliphatic carbocycles. The molecule has 1 aromatic rings. The highest BCUT2D eigenvalue weighted by atomic mass is 15.0. The maximum absolute atomic E-state index is 3.79. The third-order valence-corrected chi connectivity index (χ3v) is 4.20. The van der Waals surface area contributed by atoms with Crippen molar-refractivity contribution in [2.45, 2.75) is 65.0 Å². The van der Waals surface area contributed by atoms with E-state index in [0.29, 0.717) is 18.0 Å². The molecule has 2 unspecified atom stereocenters. The monoisotopic (exact) mass is 245 g/mol. The van der Waals surface area contributed by atoms with Gasteiger partial charge in [0.2, 0.25) is 0 Å². The fourth-order valence-electron chi connectivity index (χ4n) is 2.67. The molecule has 0 spiro atoms. The zero-order valence-electron chi connectivity index (χ0n) is 12.2. The molecule has 0 bridgehead atoms. The van der Waals surface area contributed by atoms with E-state index in [2.05, 4.69) is 57.3 Å². The minimum atomic E-state index is 0.469. The molecule has 0 amide bonds. The molecule has 0 saturated heterocycles. The second kappa shape index (κ2) is 5.88. The fourth-order valence-corrected chi connectivity index (χ4v) is 2.67. The zero-order chi connectivity index (χ0) is 13.1. The van der Waals surface area contributed by atoms with Crippen LogP contribution in [-0.4, -0.2) is 6.04 Å². The molecule has 100 valence electrons. The molecular formula is C17H27N. The zero-order valence-corrected chi connectivity index (χ0v) is 12.2. The van der Waals surface area contributed by atoms with Crippen LogP contribution in [0, 0.1) is 5.92 Å². The summed E-state index contributed by atoms with van der Waals surface area (Å²) in [7, 11) is 0. The van der Waals surface area contributed by atoms with Crippen LogP contribution in [-0.2, 0) is 0 Å². The van der Waals surface area contributed by atoms with Gasteiger partial charge in [0, 0.05) is 12.1 Å². The molecule has 0 aliphatic heterocycles. The Labute approximate surface area is 112 Å². The Morgan fingerprint density at radius 3 is 2.06 bits per heavy atom. The second-order valence-corrected chi connectivity index (χ2v) is 6.06. The lowest BCUT2D eigenvalue weighted by Crippen LogP contribution is -2.32. The summed E-state index contributed by atoms with van der Waals surface area (Å²) in [5, 5.41) is 3.79. The summed E-state index contributed by atoms with van der Waals surface area (Å²) >= 11 is 0. The van der Waals surface area contributed by atoms with Crippen LogP contribution >= 0.6 is 0 Å². The van der Waals surface area contributed by atoms with E-state index in [0.717, 1.165) is 5.92 Å². The van der Waals surface area contributed by atoms with Crippen molar-refractivity contribution in [3.05, 3.63) is 35.4 Å². The molecule has 1 nitrogen and oxygen atoms in total. The van der Waals surface area contributed by atoms with E-state index in [9.17, 15) is 0 Å². The van der Waals surface area contributed by atoms with E-state index >= 15 is 0 Å². The first kappa shape index (κ1) is 13.6. The summed E-state index contributed by atoms with van der Waals surface area (Å²) in [6.07, 6.45) is 4.09. The van der Waals surface area contributed by atoms with Crippen molar-refractivity contribution in [2.24, 2.45) is 5.92 Å². The first-order chi connectivity index (χ1) is 8.61. The number of benzene rings is 1. The van der Waals surface area contributed by atoms with E-state index in [1.54, 1.807) is 0 Å². The van der Waals surface area contributed by atoms with E-state index < -0.39 is 0 Å². The highest BCUT2D eigenvalue weighted by molar-refractivity contribution is 5.26. The second-order valence-electron chi connectivity index (χ2n) is 6.06. The molecule has 2 atom stereocenters. The van der Waals surface area contributed by atoms with Crippen molar-refractivity contribution in [1.82, 2.24) is 5.32 Å². The van der Waals surface area contributed by atoms with Crippen LogP contribution in [0.15, 0.2) is 24.3 Å². The van der Waals surface area contributed by atoms with Crippen molar-refractivity contribution in [2.75, 3.05) is 0 Å². The third kappa shape index (κ3) is 3.35. The molecule has 0 radical (unpaired) electrons. The van der Waals surface area contributed by atoms with Gasteiger partial charge in [-0.2, -0.15) is 0 Å². The molecule has 0 aromatic heterocycles. The Morgan fingerprint density at radius 2 is 1.61 bits per heavy atom. The van der Waals surface area contributed by atoms with Gasteiger partial charge in [0.25, 0.3) is 0 Å². The standard InChI is InChI=1S/C17H27N/c1-5-17(16-10-11-16)18-13(4)15-8-6-14(7-9-15)12(2)3/h6-9,12-13,16-18H,5,10-11H2,1-4H3. The lowest BCUT2D eigenvalue weighted by atomic mass is 9.99. The van der Waals surface area contributed by atoms with E-state index in [-0.39, 0.29) is 0 Å². The molecule has 1 aliphatic rings. The van der Waals surface area contributed by atoms with Crippen LogP contribution in [0.5, 0.6) is 0 Å². The summed E-state index contributed by atoms with van der Waals surface area (Å²) in [4.78, 5) is 0. The van der Waals surface area contributed by atoms with Gasteiger partial charge in [0.15, 0.2) is 0 Å². The Kier molecular flexibility index (Phi) is 4.45. The van der Waals surface area contributed by atoms with Gasteiger partial charge in [0.1, 0.15) is 0 Å². The van der Waals surface area contributed by atoms with Crippen molar-refractivity contribution >= 4 is 0 Å². The molecular weight excluding hydrogens is 218 g/mol. The van der Waals surface area contributed by atoms with Gasteiger partial charge in [-0.15, -0.1) is 0 Å². The van der Waals surface area contributed by atoms with Crippen LogP contribution in [0.3, 0.4) is 0 Å². The van der Waals surface area contributed by atoms with Crippen molar-refractivity contribution in [1.29, 1.82) is 0 Å². The number of hydrogen-bond acceptors (Lipinski definition) is 1. The van der Waals surface area contributed by atoms with Crippen LogP contribution in [0.4, 0.5) is 0 Å². The molecule has 18 heavy (non-hydrogen) atoms. The largest absolute Gasteiger partial charge is 0.307 e. The molecule has 0 heterocycles. The van der Waals surface area contributed by atoms with Gasteiger partial charge in [-0.05, 0) is 49.1 Å². The Morgan fingerprint density at radius 1 is 1.06 bits per heavy atom. The summed E-state index contributed by atoms with van der Waals surface area (Å²) in [5.74, 6) is 1.56. The average molecular weight is 245 g/mol. The minimum absolute atomic E-state index is 0.469. The Balaban J connectivity index is 1.97. The normalized spacial score (nSPS) is 18.9. The number of nitrogens with one attached hydrogen (secondary N) is 1. The topological polar surface area (TPSA) is 12.0 Å². The van der Waals surface area contributed by atoms with E-state index in [1.807, 2.05) is 0 Å². The van der Waals surface area contributed by atoms with Gasteiger partial charge in [-0.1, -0.05) is 45.0 Å². The first-order valence-electron chi connectivity index (χ1n) is 7.47. The van der Waals surface area contributed by atoms with Crippen LogP contribution in [0.25, 0.3) is 0 Å². The minimum Gasteiger partial charge on any atom is -0.307 e.